The molecule has 34 heavy (non-hydrogen) atoms. The minimum absolute atomic E-state index is 0.00803. The van der Waals surface area contributed by atoms with Gasteiger partial charge in [0, 0.05) is 21.5 Å². The van der Waals surface area contributed by atoms with E-state index in [-0.39, 0.29) is 36.0 Å². The van der Waals surface area contributed by atoms with Crippen LogP contribution in [0.3, 0.4) is 0 Å². The lowest BCUT2D eigenvalue weighted by atomic mass is 9.95. The summed E-state index contributed by atoms with van der Waals surface area (Å²) >= 11 is 3.38. The van der Waals surface area contributed by atoms with E-state index in [0.29, 0.717) is 22.3 Å². The van der Waals surface area contributed by atoms with Crippen LogP contribution in [0.15, 0.2) is 57.4 Å². The molecule has 0 N–H and O–H groups in total. The van der Waals surface area contributed by atoms with Crippen molar-refractivity contribution in [2.75, 3.05) is 13.2 Å². The molecular formula is C24H25BrN4O5. The Labute approximate surface area is 205 Å². The number of ether oxygens (including phenoxy) is 2. The Morgan fingerprint density at radius 3 is 2.62 bits per heavy atom. The topological polar surface area (TPSA) is 109 Å². The molecule has 0 fully saturated rings. The molecule has 178 valence electrons. The van der Waals surface area contributed by atoms with Crippen molar-refractivity contribution in [2.45, 2.75) is 33.1 Å². The van der Waals surface area contributed by atoms with Crippen LogP contribution in [-0.2, 0) is 5.41 Å². The van der Waals surface area contributed by atoms with Gasteiger partial charge in [0.05, 0.1) is 28.6 Å². The predicted molar refractivity (Wildman–Crippen MR) is 135 cm³/mol. The second kappa shape index (κ2) is 10.2. The van der Waals surface area contributed by atoms with Crippen molar-refractivity contribution in [3.05, 3.63) is 79.3 Å². The van der Waals surface area contributed by atoms with Crippen molar-refractivity contribution < 1.29 is 14.4 Å². The zero-order valence-electron chi connectivity index (χ0n) is 19.4. The fraction of sp³-hybridized carbons (Fsp3) is 0.292. The summed E-state index contributed by atoms with van der Waals surface area (Å²) in [4.78, 5) is 29.1. The summed E-state index contributed by atoms with van der Waals surface area (Å²) in [5.74, 6) is 0.659. The first kappa shape index (κ1) is 25.1. The van der Waals surface area contributed by atoms with Crippen LogP contribution < -0.4 is 15.0 Å². The molecular weight excluding hydrogens is 504 g/mol. The summed E-state index contributed by atoms with van der Waals surface area (Å²) in [6.07, 6.45) is 2.86. The first-order valence-electron chi connectivity index (χ1n) is 10.5. The molecule has 3 rings (SSSR count). The summed E-state index contributed by atoms with van der Waals surface area (Å²) in [5, 5.41) is 16.5. The van der Waals surface area contributed by atoms with Crippen LogP contribution in [0.1, 0.15) is 39.1 Å². The minimum Gasteiger partial charge on any atom is -0.490 e. The minimum atomic E-state index is -0.555. The van der Waals surface area contributed by atoms with E-state index in [0.717, 1.165) is 4.47 Å². The number of halogens is 1. The summed E-state index contributed by atoms with van der Waals surface area (Å²) in [6.45, 7) is 11.5. The molecule has 0 saturated carbocycles. The predicted octanol–water partition coefficient (Wildman–Crippen LogP) is 5.21. The lowest BCUT2D eigenvalue weighted by Gasteiger charge is -2.20. The highest BCUT2D eigenvalue weighted by Crippen LogP contribution is 2.38. The van der Waals surface area contributed by atoms with E-state index in [4.69, 9.17) is 9.47 Å². The molecule has 0 bridgehead atoms. The molecule has 0 amide bonds. The maximum Gasteiger partial charge on any atom is 0.315 e. The highest BCUT2D eigenvalue weighted by Gasteiger charge is 2.24. The van der Waals surface area contributed by atoms with Gasteiger partial charge >= 0.3 is 5.69 Å². The number of hydrogen-bond acceptors (Lipinski definition) is 7. The van der Waals surface area contributed by atoms with Gasteiger partial charge in [0.25, 0.3) is 5.56 Å². The Bertz CT molecular complexity index is 1340. The monoisotopic (exact) mass is 528 g/mol. The van der Waals surface area contributed by atoms with Crippen LogP contribution >= 0.6 is 15.9 Å². The van der Waals surface area contributed by atoms with Gasteiger partial charge in [0.15, 0.2) is 5.75 Å². The quantitative estimate of drug-likeness (QED) is 0.172. The third-order valence-corrected chi connectivity index (χ3v) is 5.19. The molecule has 0 radical (unpaired) electrons. The Morgan fingerprint density at radius 2 is 2.00 bits per heavy atom. The number of rotatable bonds is 8. The van der Waals surface area contributed by atoms with Gasteiger partial charge in [-0.25, -0.2) is 4.98 Å². The van der Waals surface area contributed by atoms with Crippen LogP contribution in [0.25, 0.3) is 10.9 Å². The number of nitro benzene ring substituents is 1. The van der Waals surface area contributed by atoms with Gasteiger partial charge in [-0.05, 0) is 31.2 Å². The maximum atomic E-state index is 13.3. The molecule has 0 unspecified atom stereocenters. The van der Waals surface area contributed by atoms with E-state index < -0.39 is 10.3 Å². The highest BCUT2D eigenvalue weighted by molar-refractivity contribution is 9.10. The molecule has 0 aliphatic heterocycles. The lowest BCUT2D eigenvalue weighted by Crippen LogP contribution is -2.29. The first-order valence-corrected chi connectivity index (χ1v) is 11.3. The number of nitro groups is 1. The SMILES string of the molecule is C=CCOc1c(OCC)cc(C=Nn2c(C(C)(C)C)nc3ccc(Br)cc3c2=O)cc1[N+](=O)[O-]. The molecule has 0 saturated heterocycles. The van der Waals surface area contributed by atoms with E-state index in [9.17, 15) is 14.9 Å². The second-order valence-electron chi connectivity index (χ2n) is 8.37. The molecule has 10 heteroatoms. The Hall–Kier alpha value is -3.53. The molecule has 1 heterocycles. The van der Waals surface area contributed by atoms with Crippen molar-refractivity contribution in [3.63, 3.8) is 0 Å². The maximum absolute atomic E-state index is 13.3. The van der Waals surface area contributed by atoms with Crippen LogP contribution in [0.4, 0.5) is 5.69 Å². The molecule has 0 aliphatic carbocycles. The average molecular weight is 529 g/mol. The summed E-state index contributed by atoms with van der Waals surface area (Å²) < 4.78 is 13.0. The van der Waals surface area contributed by atoms with E-state index in [1.807, 2.05) is 26.8 Å². The van der Waals surface area contributed by atoms with Crippen molar-refractivity contribution in [1.29, 1.82) is 0 Å². The highest BCUT2D eigenvalue weighted by atomic mass is 79.9. The molecule has 0 spiro atoms. The molecule has 2 aromatic carbocycles. The van der Waals surface area contributed by atoms with Crippen molar-refractivity contribution >= 4 is 38.7 Å². The van der Waals surface area contributed by atoms with Crippen LogP contribution in [0.5, 0.6) is 11.5 Å². The van der Waals surface area contributed by atoms with Crippen LogP contribution in [-0.4, -0.2) is 34.0 Å². The zero-order valence-corrected chi connectivity index (χ0v) is 21.0. The van der Waals surface area contributed by atoms with Crippen molar-refractivity contribution in [2.24, 2.45) is 5.10 Å². The third kappa shape index (κ3) is 5.33. The molecule has 0 atom stereocenters. The van der Waals surface area contributed by atoms with E-state index >= 15 is 0 Å². The summed E-state index contributed by atoms with van der Waals surface area (Å²) in [7, 11) is 0. The van der Waals surface area contributed by atoms with Gasteiger partial charge in [-0.15, -0.1) is 0 Å². The number of hydrogen-bond donors (Lipinski definition) is 0. The van der Waals surface area contributed by atoms with Gasteiger partial charge in [0.2, 0.25) is 5.75 Å². The van der Waals surface area contributed by atoms with Gasteiger partial charge in [0.1, 0.15) is 12.4 Å². The Morgan fingerprint density at radius 1 is 1.26 bits per heavy atom. The average Bonchev–Trinajstić information content (AvgIpc) is 2.77. The second-order valence-corrected chi connectivity index (χ2v) is 9.28. The fourth-order valence-corrected chi connectivity index (χ4v) is 3.60. The van der Waals surface area contributed by atoms with Crippen LogP contribution in [0, 0.1) is 10.1 Å². The van der Waals surface area contributed by atoms with E-state index in [2.05, 4.69) is 32.6 Å². The molecule has 1 aromatic heterocycles. The van der Waals surface area contributed by atoms with Gasteiger partial charge in [-0.2, -0.15) is 9.78 Å². The molecule has 0 aliphatic rings. The Kier molecular flexibility index (Phi) is 7.51. The van der Waals surface area contributed by atoms with Gasteiger partial charge < -0.3 is 9.47 Å². The molecule has 3 aromatic rings. The van der Waals surface area contributed by atoms with E-state index in [1.54, 1.807) is 25.1 Å². The summed E-state index contributed by atoms with van der Waals surface area (Å²) in [5.41, 5.74) is -0.205. The lowest BCUT2D eigenvalue weighted by molar-refractivity contribution is -0.385. The summed E-state index contributed by atoms with van der Waals surface area (Å²) in [6, 6.07) is 8.17. The smallest absolute Gasteiger partial charge is 0.315 e. The number of fused-ring (bicyclic) bond motifs is 1. The van der Waals surface area contributed by atoms with Crippen LogP contribution in [0.2, 0.25) is 0 Å². The zero-order chi connectivity index (χ0) is 25.0. The largest absolute Gasteiger partial charge is 0.490 e. The van der Waals surface area contributed by atoms with Gasteiger partial charge in [-0.1, -0.05) is 49.4 Å². The molecule has 9 nitrogen and oxygen atoms in total. The first-order chi connectivity index (χ1) is 16.1. The van der Waals surface area contributed by atoms with E-state index in [1.165, 1.54) is 23.0 Å². The normalized spacial score (nSPS) is 11.7. The number of nitrogens with zero attached hydrogens (tertiary/aromatic N) is 4. The number of aromatic nitrogens is 2. The number of benzene rings is 2. The van der Waals surface area contributed by atoms with Crippen molar-refractivity contribution in [3.8, 4) is 11.5 Å². The fourth-order valence-electron chi connectivity index (χ4n) is 3.23. The Balaban J connectivity index is 2.21. The van der Waals surface area contributed by atoms with Crippen molar-refractivity contribution in [1.82, 2.24) is 9.66 Å². The van der Waals surface area contributed by atoms with Gasteiger partial charge in [-0.3, -0.25) is 14.9 Å². The standard InChI is InChI=1S/C24H25BrN4O5/c1-6-10-34-21-19(29(31)32)11-15(12-20(21)33-7-2)14-26-28-22(30)17-13-16(25)8-9-18(17)27-23(28)24(3,4)5/h6,8-9,11-14H,1,7,10H2,2-5H3. The third-order valence-electron chi connectivity index (χ3n) is 4.70.